The maximum absolute atomic E-state index is 13.4. The van der Waals surface area contributed by atoms with Crippen LogP contribution in [0.2, 0.25) is 0 Å². The van der Waals surface area contributed by atoms with Crippen molar-refractivity contribution in [3.05, 3.63) is 60.2 Å². The van der Waals surface area contributed by atoms with E-state index in [1.165, 1.54) is 25.9 Å². The van der Waals surface area contributed by atoms with E-state index in [1.54, 1.807) is 0 Å². The summed E-state index contributed by atoms with van der Waals surface area (Å²) in [5.41, 5.74) is 1.32. The van der Waals surface area contributed by atoms with E-state index in [0.717, 1.165) is 35.9 Å². The smallest absolute Gasteiger partial charge is 0.235 e. The Morgan fingerprint density at radius 2 is 1.88 bits per heavy atom. The van der Waals surface area contributed by atoms with Gasteiger partial charge in [-0.1, -0.05) is 37.3 Å². The van der Waals surface area contributed by atoms with Crippen LogP contribution in [0.4, 0.5) is 5.69 Å². The third kappa shape index (κ3) is 5.70. The van der Waals surface area contributed by atoms with E-state index in [4.69, 9.17) is 9.47 Å². The highest BCUT2D eigenvalue weighted by atomic mass is 16.5. The Hall–Kier alpha value is -2.37. The fourth-order valence-corrected chi connectivity index (χ4v) is 4.98. The molecule has 2 aliphatic heterocycles. The minimum atomic E-state index is -0.541. The number of nitrogens with one attached hydrogen (secondary N) is 1. The van der Waals surface area contributed by atoms with E-state index in [-0.39, 0.29) is 5.91 Å². The van der Waals surface area contributed by atoms with Gasteiger partial charge in [0.15, 0.2) is 0 Å². The van der Waals surface area contributed by atoms with Gasteiger partial charge in [0.2, 0.25) is 5.91 Å². The molecule has 0 aliphatic carbocycles. The molecule has 1 amide bonds. The molecule has 0 aromatic heterocycles. The van der Waals surface area contributed by atoms with Crippen LogP contribution in [0.5, 0.6) is 5.75 Å². The monoisotopic (exact) mass is 436 g/mol. The highest BCUT2D eigenvalue weighted by Gasteiger charge is 2.41. The van der Waals surface area contributed by atoms with Crippen molar-refractivity contribution in [3.63, 3.8) is 0 Å². The van der Waals surface area contributed by atoms with Gasteiger partial charge in [0, 0.05) is 32.0 Å². The average Bonchev–Trinajstić information content (AvgIpc) is 2.84. The number of carbonyl (C=O) groups is 1. The number of amides is 1. The molecular weight excluding hydrogens is 400 g/mol. The molecule has 2 saturated heterocycles. The van der Waals surface area contributed by atoms with Gasteiger partial charge >= 0.3 is 0 Å². The molecular formula is C27H36N2O3. The molecule has 1 atom stereocenters. The summed E-state index contributed by atoms with van der Waals surface area (Å²) in [5.74, 6) is 1.70. The third-order valence-corrected chi connectivity index (χ3v) is 6.85. The molecule has 2 fully saturated rings. The van der Waals surface area contributed by atoms with Crippen LogP contribution < -0.4 is 10.1 Å². The molecule has 1 N–H and O–H groups in total. The van der Waals surface area contributed by atoms with Gasteiger partial charge in [0.1, 0.15) is 5.75 Å². The Morgan fingerprint density at radius 1 is 1.12 bits per heavy atom. The van der Waals surface area contributed by atoms with Crippen molar-refractivity contribution in [2.75, 3.05) is 44.8 Å². The quantitative estimate of drug-likeness (QED) is 0.600. The normalized spacial score (nSPS) is 21.1. The van der Waals surface area contributed by atoms with Crippen molar-refractivity contribution in [3.8, 4) is 5.75 Å². The fourth-order valence-electron chi connectivity index (χ4n) is 4.98. The number of nitrogens with zero attached hydrogens (tertiary/aromatic N) is 1. The summed E-state index contributed by atoms with van der Waals surface area (Å²) in [6.45, 7) is 7.79. The van der Waals surface area contributed by atoms with Gasteiger partial charge in [0.25, 0.3) is 0 Å². The predicted octanol–water partition coefficient (Wildman–Crippen LogP) is 4.87. The molecule has 0 spiro atoms. The molecule has 172 valence electrons. The Labute approximate surface area is 192 Å². The second kappa shape index (κ2) is 11.0. The van der Waals surface area contributed by atoms with E-state index in [9.17, 15) is 4.79 Å². The summed E-state index contributed by atoms with van der Waals surface area (Å²) in [6, 6.07) is 17.8. The largest absolute Gasteiger partial charge is 0.494 e. The third-order valence-electron chi connectivity index (χ3n) is 6.85. The number of benzene rings is 2. The van der Waals surface area contributed by atoms with Crippen LogP contribution in [0.25, 0.3) is 0 Å². The molecule has 1 unspecified atom stereocenters. The van der Waals surface area contributed by atoms with Crippen molar-refractivity contribution in [2.24, 2.45) is 5.92 Å². The molecule has 32 heavy (non-hydrogen) atoms. The summed E-state index contributed by atoms with van der Waals surface area (Å²) >= 11 is 0. The first-order chi connectivity index (χ1) is 15.7. The van der Waals surface area contributed by atoms with Gasteiger partial charge in [0.05, 0.1) is 12.0 Å². The van der Waals surface area contributed by atoms with E-state index >= 15 is 0 Å². The van der Waals surface area contributed by atoms with Crippen LogP contribution in [0, 0.1) is 5.92 Å². The molecule has 2 aliphatic rings. The summed E-state index contributed by atoms with van der Waals surface area (Å²) in [6.07, 6.45) is 5.09. The summed E-state index contributed by atoms with van der Waals surface area (Å²) in [5, 5.41) is 3.14. The second-order valence-corrected chi connectivity index (χ2v) is 9.29. The standard InChI is InChI=1S/C27H36N2O3/c1-22-7-5-16-29(21-22)17-6-18-32-25-12-10-24(11-13-25)28-26(30)27(14-19-31-20-15-27)23-8-3-2-4-9-23/h2-4,8-13,22H,5-7,14-21H2,1H3,(H,28,30). The van der Waals surface area contributed by atoms with E-state index in [1.807, 2.05) is 54.6 Å². The minimum Gasteiger partial charge on any atom is -0.494 e. The molecule has 0 bridgehead atoms. The Balaban J connectivity index is 1.29. The number of anilines is 1. The van der Waals surface area contributed by atoms with Crippen LogP contribution in [0.1, 0.15) is 44.6 Å². The summed E-state index contributed by atoms with van der Waals surface area (Å²) < 4.78 is 11.5. The summed E-state index contributed by atoms with van der Waals surface area (Å²) in [7, 11) is 0. The maximum Gasteiger partial charge on any atom is 0.235 e. The van der Waals surface area contributed by atoms with Gasteiger partial charge in [-0.25, -0.2) is 0 Å². The molecule has 2 aromatic carbocycles. The minimum absolute atomic E-state index is 0.0384. The number of hydrogen-bond donors (Lipinski definition) is 1. The van der Waals surface area contributed by atoms with Gasteiger partial charge in [-0.2, -0.15) is 0 Å². The lowest BCUT2D eigenvalue weighted by Gasteiger charge is -2.36. The van der Waals surface area contributed by atoms with Crippen LogP contribution in [0.15, 0.2) is 54.6 Å². The van der Waals surface area contributed by atoms with Crippen molar-refractivity contribution in [1.82, 2.24) is 4.90 Å². The van der Waals surface area contributed by atoms with Crippen LogP contribution in [-0.4, -0.2) is 50.3 Å². The first-order valence-electron chi connectivity index (χ1n) is 12.1. The van der Waals surface area contributed by atoms with Gasteiger partial charge in [-0.15, -0.1) is 0 Å². The second-order valence-electron chi connectivity index (χ2n) is 9.29. The van der Waals surface area contributed by atoms with Crippen LogP contribution in [-0.2, 0) is 14.9 Å². The summed E-state index contributed by atoms with van der Waals surface area (Å²) in [4.78, 5) is 15.9. The predicted molar refractivity (Wildman–Crippen MR) is 128 cm³/mol. The Kier molecular flexibility index (Phi) is 7.82. The Bertz CT molecular complexity index is 847. The lowest BCUT2D eigenvalue weighted by Crippen LogP contribution is -2.44. The lowest BCUT2D eigenvalue weighted by atomic mass is 9.73. The molecule has 4 rings (SSSR count). The fraction of sp³-hybridized carbons (Fsp3) is 0.519. The van der Waals surface area contributed by atoms with Crippen LogP contribution in [0.3, 0.4) is 0 Å². The zero-order chi connectivity index (χ0) is 22.2. The molecule has 5 heteroatoms. The first kappa shape index (κ1) is 22.8. The number of piperidine rings is 1. The first-order valence-corrected chi connectivity index (χ1v) is 12.1. The van der Waals surface area contributed by atoms with Crippen molar-refractivity contribution in [1.29, 1.82) is 0 Å². The van der Waals surface area contributed by atoms with Crippen molar-refractivity contribution < 1.29 is 14.3 Å². The molecule has 2 aromatic rings. The molecule has 0 radical (unpaired) electrons. The Morgan fingerprint density at radius 3 is 2.59 bits per heavy atom. The number of hydrogen-bond acceptors (Lipinski definition) is 4. The zero-order valence-electron chi connectivity index (χ0n) is 19.2. The van der Waals surface area contributed by atoms with E-state index in [2.05, 4.69) is 17.1 Å². The number of rotatable bonds is 8. The van der Waals surface area contributed by atoms with E-state index in [0.29, 0.717) is 32.7 Å². The topological polar surface area (TPSA) is 50.8 Å². The average molecular weight is 437 g/mol. The van der Waals surface area contributed by atoms with Gasteiger partial charge in [-0.05, 0) is 74.4 Å². The zero-order valence-corrected chi connectivity index (χ0v) is 19.2. The van der Waals surface area contributed by atoms with Gasteiger partial charge < -0.3 is 19.7 Å². The van der Waals surface area contributed by atoms with E-state index < -0.39 is 5.41 Å². The molecule has 0 saturated carbocycles. The maximum atomic E-state index is 13.4. The lowest BCUT2D eigenvalue weighted by molar-refractivity contribution is -0.125. The highest BCUT2D eigenvalue weighted by Crippen LogP contribution is 2.36. The van der Waals surface area contributed by atoms with Crippen LogP contribution >= 0.6 is 0 Å². The highest BCUT2D eigenvalue weighted by molar-refractivity contribution is 5.99. The number of carbonyl (C=O) groups excluding carboxylic acids is 1. The van der Waals surface area contributed by atoms with Crippen molar-refractivity contribution in [2.45, 2.75) is 44.4 Å². The van der Waals surface area contributed by atoms with Gasteiger partial charge in [-0.3, -0.25) is 4.79 Å². The SMILES string of the molecule is CC1CCCN(CCCOc2ccc(NC(=O)C3(c4ccccc4)CCOCC3)cc2)C1. The number of ether oxygens (including phenoxy) is 2. The van der Waals surface area contributed by atoms with Crippen molar-refractivity contribution >= 4 is 11.6 Å². The molecule has 2 heterocycles. The number of likely N-dealkylation sites (tertiary alicyclic amines) is 1. The molecule has 5 nitrogen and oxygen atoms in total.